The zero-order chi connectivity index (χ0) is 11.9. The standard InChI is InChI=1S/C11H17N/c1-11(2,3)10-6-4-5-9(7-10)8-12/h4,6,9-10H,5,7H2,1-3H3/i5D2,10D. The number of nitriles is 1. The Bertz CT molecular complexity index is 322. The number of nitrogens with zero attached hydrogens (tertiary/aromatic N) is 1. The van der Waals surface area contributed by atoms with Crippen LogP contribution in [0.1, 0.15) is 37.7 Å². The second-order valence-electron chi connectivity index (χ2n) is 4.16. The van der Waals surface area contributed by atoms with Gasteiger partial charge in [-0.25, -0.2) is 0 Å². The van der Waals surface area contributed by atoms with Crippen molar-refractivity contribution in [3.63, 3.8) is 0 Å². The summed E-state index contributed by atoms with van der Waals surface area (Å²) >= 11 is 0. The molecule has 1 rings (SSSR count). The maximum absolute atomic E-state index is 8.92. The Hall–Kier alpha value is -0.770. The fourth-order valence-electron chi connectivity index (χ4n) is 1.25. The van der Waals surface area contributed by atoms with Crippen LogP contribution in [0.2, 0.25) is 0 Å². The van der Waals surface area contributed by atoms with Gasteiger partial charge in [-0.1, -0.05) is 32.9 Å². The van der Waals surface area contributed by atoms with Gasteiger partial charge in [0.2, 0.25) is 0 Å². The third-order valence-corrected chi connectivity index (χ3v) is 2.13. The summed E-state index contributed by atoms with van der Waals surface area (Å²) in [5.41, 5.74) is -0.283. The van der Waals surface area contributed by atoms with E-state index in [1.807, 2.05) is 26.8 Å². The zero-order valence-electron chi connectivity index (χ0n) is 10.9. The van der Waals surface area contributed by atoms with E-state index < -0.39 is 18.2 Å². The molecular weight excluding hydrogens is 146 g/mol. The van der Waals surface area contributed by atoms with Crippen molar-refractivity contribution in [2.45, 2.75) is 33.6 Å². The molecule has 0 bridgehead atoms. The Morgan fingerprint density at radius 1 is 1.67 bits per heavy atom. The van der Waals surface area contributed by atoms with Crippen molar-refractivity contribution in [2.24, 2.45) is 17.2 Å². The Labute approximate surface area is 79.3 Å². The van der Waals surface area contributed by atoms with E-state index in [1.54, 1.807) is 6.08 Å². The first-order valence-corrected chi connectivity index (χ1v) is 4.22. The summed E-state index contributed by atoms with van der Waals surface area (Å²) in [5.74, 6) is -1.57. The molecule has 1 aliphatic rings. The van der Waals surface area contributed by atoms with Gasteiger partial charge < -0.3 is 0 Å². The lowest BCUT2D eigenvalue weighted by Gasteiger charge is -2.31. The highest BCUT2D eigenvalue weighted by molar-refractivity contribution is 5.04. The molecule has 0 N–H and O–H groups in total. The van der Waals surface area contributed by atoms with Crippen LogP contribution in [0.5, 0.6) is 0 Å². The molecule has 1 heteroatoms. The minimum atomic E-state index is -1.59. The molecule has 0 heterocycles. The maximum atomic E-state index is 8.92. The summed E-state index contributed by atoms with van der Waals surface area (Å²) in [6.07, 6.45) is 1.66. The minimum Gasteiger partial charge on any atom is -0.198 e. The molecule has 0 aromatic heterocycles. The Morgan fingerprint density at radius 2 is 2.33 bits per heavy atom. The SMILES string of the molecule is [2H]C1([2H])C=CC([2H])(C(C)(C)C)CC1C#N. The lowest BCUT2D eigenvalue weighted by Crippen LogP contribution is -2.23. The number of rotatable bonds is 0. The molecule has 0 aromatic rings. The summed E-state index contributed by atoms with van der Waals surface area (Å²) in [6, 6.07) is 1.98. The third-order valence-electron chi connectivity index (χ3n) is 2.13. The Balaban J connectivity index is 3.09. The molecule has 0 amide bonds. The van der Waals surface area contributed by atoms with Crippen LogP contribution in [0.4, 0.5) is 0 Å². The Morgan fingerprint density at radius 3 is 2.83 bits per heavy atom. The summed E-state index contributed by atoms with van der Waals surface area (Å²) in [6.45, 7) is 5.83. The smallest absolute Gasteiger partial charge is 0.0659 e. The topological polar surface area (TPSA) is 23.8 Å². The van der Waals surface area contributed by atoms with E-state index in [0.717, 1.165) is 0 Å². The molecule has 0 aromatic carbocycles. The van der Waals surface area contributed by atoms with Gasteiger partial charge in [0.25, 0.3) is 0 Å². The first-order chi connectivity index (χ1) is 6.62. The van der Waals surface area contributed by atoms with Gasteiger partial charge in [0, 0.05) is 4.11 Å². The number of hydrogen-bond acceptors (Lipinski definition) is 1. The highest BCUT2D eigenvalue weighted by atomic mass is 14.3. The summed E-state index contributed by atoms with van der Waals surface area (Å²) in [4.78, 5) is 0. The van der Waals surface area contributed by atoms with Crippen LogP contribution in [-0.4, -0.2) is 0 Å². The predicted molar refractivity (Wildman–Crippen MR) is 50.4 cm³/mol. The van der Waals surface area contributed by atoms with Crippen LogP contribution in [0, 0.1) is 28.6 Å². The van der Waals surface area contributed by atoms with Gasteiger partial charge in [0.1, 0.15) is 0 Å². The van der Waals surface area contributed by atoms with Crippen LogP contribution in [0.25, 0.3) is 0 Å². The van der Waals surface area contributed by atoms with E-state index in [4.69, 9.17) is 9.37 Å². The molecule has 1 aliphatic carbocycles. The quantitative estimate of drug-likeness (QED) is 0.507. The van der Waals surface area contributed by atoms with E-state index >= 15 is 0 Å². The summed E-state index contributed by atoms with van der Waals surface area (Å²) in [5, 5.41) is 8.92. The Kier molecular flexibility index (Phi) is 1.60. The largest absolute Gasteiger partial charge is 0.198 e. The second-order valence-corrected chi connectivity index (χ2v) is 4.16. The molecule has 0 radical (unpaired) electrons. The lowest BCUT2D eigenvalue weighted by atomic mass is 9.73. The van der Waals surface area contributed by atoms with E-state index in [9.17, 15) is 0 Å². The average molecular weight is 166 g/mol. The molecule has 2 atom stereocenters. The average Bonchev–Trinajstić information content (AvgIpc) is 2.07. The second kappa shape index (κ2) is 3.31. The van der Waals surface area contributed by atoms with Crippen LogP contribution in [-0.2, 0) is 0 Å². The molecule has 0 fully saturated rings. The van der Waals surface area contributed by atoms with E-state index in [2.05, 4.69) is 0 Å². The van der Waals surface area contributed by atoms with Crippen LogP contribution in [0.15, 0.2) is 12.2 Å². The lowest BCUT2D eigenvalue weighted by molar-refractivity contribution is 0.250. The van der Waals surface area contributed by atoms with Crippen molar-refractivity contribution in [1.29, 1.82) is 5.26 Å². The van der Waals surface area contributed by atoms with Gasteiger partial charge in [0.15, 0.2) is 0 Å². The van der Waals surface area contributed by atoms with Crippen molar-refractivity contribution < 1.29 is 4.11 Å². The third kappa shape index (κ3) is 2.11. The van der Waals surface area contributed by atoms with Crippen molar-refractivity contribution in [3.8, 4) is 6.07 Å². The molecule has 0 saturated carbocycles. The molecule has 0 saturated heterocycles. The first kappa shape index (κ1) is 5.80. The van der Waals surface area contributed by atoms with Crippen molar-refractivity contribution in [2.75, 3.05) is 0 Å². The molecular formula is C11H17N. The highest BCUT2D eigenvalue weighted by Crippen LogP contribution is 2.35. The number of allylic oxidation sites excluding steroid dienone is 2. The van der Waals surface area contributed by atoms with Crippen LogP contribution in [0.3, 0.4) is 0 Å². The fraction of sp³-hybridized carbons (Fsp3) is 0.727. The van der Waals surface area contributed by atoms with Crippen molar-refractivity contribution in [3.05, 3.63) is 12.2 Å². The van der Waals surface area contributed by atoms with Gasteiger partial charge in [-0.3, -0.25) is 0 Å². The fourth-order valence-corrected chi connectivity index (χ4v) is 1.25. The van der Waals surface area contributed by atoms with Crippen molar-refractivity contribution >= 4 is 0 Å². The zero-order valence-corrected chi connectivity index (χ0v) is 7.89. The first-order valence-electron chi connectivity index (χ1n) is 5.72. The van der Waals surface area contributed by atoms with Crippen LogP contribution >= 0.6 is 0 Å². The van der Waals surface area contributed by atoms with Gasteiger partial charge in [-0.15, -0.1) is 0 Å². The van der Waals surface area contributed by atoms with Gasteiger partial charge in [-0.2, -0.15) is 5.26 Å². The van der Waals surface area contributed by atoms with E-state index in [1.165, 1.54) is 6.08 Å². The minimum absolute atomic E-state index is 0.260. The molecule has 0 aliphatic heterocycles. The normalized spacial score (nSPS) is 43.8. The number of hydrogen-bond donors (Lipinski definition) is 0. The maximum Gasteiger partial charge on any atom is 0.0659 e. The summed E-state index contributed by atoms with van der Waals surface area (Å²) in [7, 11) is 0. The highest BCUT2D eigenvalue weighted by Gasteiger charge is 2.27. The van der Waals surface area contributed by atoms with Gasteiger partial charge in [-0.05, 0) is 24.1 Å². The van der Waals surface area contributed by atoms with Crippen LogP contribution < -0.4 is 0 Å². The molecule has 12 heavy (non-hydrogen) atoms. The molecule has 0 spiro atoms. The molecule has 1 nitrogen and oxygen atoms in total. The van der Waals surface area contributed by atoms with E-state index in [0.29, 0.717) is 0 Å². The summed E-state index contributed by atoms with van der Waals surface area (Å²) < 4.78 is 23.6. The predicted octanol–water partition coefficient (Wildman–Crippen LogP) is 3.14. The molecule has 2 unspecified atom stereocenters. The van der Waals surface area contributed by atoms with Crippen molar-refractivity contribution in [1.82, 2.24) is 0 Å². The van der Waals surface area contributed by atoms with Gasteiger partial charge in [0.05, 0.1) is 12.0 Å². The molecule has 66 valence electrons. The monoisotopic (exact) mass is 166 g/mol. The van der Waals surface area contributed by atoms with E-state index in [-0.39, 0.29) is 11.8 Å². The van der Waals surface area contributed by atoms with Gasteiger partial charge >= 0.3 is 0 Å².